The summed E-state index contributed by atoms with van der Waals surface area (Å²) in [6.45, 7) is 9.25. The molecule has 0 fully saturated rings. The number of nitrogens with one attached hydrogen (secondary N) is 1. The second kappa shape index (κ2) is 7.81. The van der Waals surface area contributed by atoms with Gasteiger partial charge < -0.3 is 10.1 Å². The fraction of sp³-hybridized carbons (Fsp3) is 0.444. The first-order valence-electron chi connectivity index (χ1n) is 8.02. The first-order valence-corrected chi connectivity index (χ1v) is 8.02. The molecule has 5 heteroatoms. The van der Waals surface area contributed by atoms with E-state index in [0.29, 0.717) is 6.54 Å². The monoisotopic (exact) mass is 315 g/mol. The Morgan fingerprint density at radius 3 is 2.70 bits per heavy atom. The largest absolute Gasteiger partial charge is 0.480 e. The van der Waals surface area contributed by atoms with Crippen LogP contribution in [0.15, 0.2) is 36.7 Å². The van der Waals surface area contributed by atoms with Gasteiger partial charge in [0.15, 0.2) is 6.10 Å². The van der Waals surface area contributed by atoms with Crippen LogP contribution in [0.25, 0.3) is 0 Å². The summed E-state index contributed by atoms with van der Waals surface area (Å²) in [5.41, 5.74) is 2.01. The third-order valence-electron chi connectivity index (χ3n) is 3.69. The van der Waals surface area contributed by atoms with Crippen LogP contribution >= 0.6 is 0 Å². The van der Waals surface area contributed by atoms with Crippen molar-refractivity contribution in [2.24, 2.45) is 5.92 Å². The number of hydrogen-bond donors (Lipinski definition) is 1. The number of aromatic nitrogens is 2. The molecule has 0 aliphatic heterocycles. The summed E-state index contributed by atoms with van der Waals surface area (Å²) < 4.78 is 7.79. The summed E-state index contributed by atoms with van der Waals surface area (Å²) in [5.74, 6) is 0.723. The minimum atomic E-state index is -0.516. The standard InChI is InChI=1S/C18H25N3O2/c1-5-21-12-15(11-20-21)10-19-18(22)17(13(2)3)23-16-9-7-6-8-14(16)4/h6-9,11-13,17H,5,10H2,1-4H3,(H,19,22)/t17-/m0/s1. The third-order valence-corrected chi connectivity index (χ3v) is 3.69. The zero-order valence-corrected chi connectivity index (χ0v) is 14.2. The average Bonchev–Trinajstić information content (AvgIpc) is 2.99. The van der Waals surface area contributed by atoms with Crippen molar-refractivity contribution < 1.29 is 9.53 Å². The summed E-state index contributed by atoms with van der Waals surface area (Å²) in [7, 11) is 0. The number of aryl methyl sites for hydroxylation is 2. The molecule has 0 saturated carbocycles. The Kier molecular flexibility index (Phi) is 5.79. The molecule has 1 atom stereocenters. The highest BCUT2D eigenvalue weighted by atomic mass is 16.5. The number of rotatable bonds is 7. The maximum absolute atomic E-state index is 12.5. The van der Waals surface area contributed by atoms with E-state index in [1.807, 2.05) is 62.8 Å². The van der Waals surface area contributed by atoms with Gasteiger partial charge in [-0.1, -0.05) is 32.0 Å². The average molecular weight is 315 g/mol. The number of benzene rings is 1. The van der Waals surface area contributed by atoms with Gasteiger partial charge in [-0.3, -0.25) is 9.48 Å². The van der Waals surface area contributed by atoms with E-state index in [0.717, 1.165) is 23.4 Å². The second-order valence-corrected chi connectivity index (χ2v) is 5.97. The highest BCUT2D eigenvalue weighted by molar-refractivity contribution is 5.81. The highest BCUT2D eigenvalue weighted by Crippen LogP contribution is 2.20. The summed E-state index contributed by atoms with van der Waals surface area (Å²) in [5, 5.41) is 7.15. The summed E-state index contributed by atoms with van der Waals surface area (Å²) >= 11 is 0. The van der Waals surface area contributed by atoms with E-state index in [1.54, 1.807) is 6.20 Å². The van der Waals surface area contributed by atoms with Gasteiger partial charge >= 0.3 is 0 Å². The molecule has 124 valence electrons. The third kappa shape index (κ3) is 4.58. The van der Waals surface area contributed by atoms with E-state index in [2.05, 4.69) is 10.4 Å². The maximum atomic E-state index is 12.5. The Morgan fingerprint density at radius 1 is 1.35 bits per heavy atom. The smallest absolute Gasteiger partial charge is 0.261 e. The fourth-order valence-electron chi connectivity index (χ4n) is 2.28. The van der Waals surface area contributed by atoms with Crippen molar-refractivity contribution in [3.63, 3.8) is 0 Å². The zero-order valence-electron chi connectivity index (χ0n) is 14.2. The minimum Gasteiger partial charge on any atom is -0.480 e. The van der Waals surface area contributed by atoms with Gasteiger partial charge in [-0.25, -0.2) is 0 Å². The molecule has 2 aromatic rings. The summed E-state index contributed by atoms with van der Waals surface area (Å²) in [4.78, 5) is 12.5. The van der Waals surface area contributed by atoms with Crippen LogP contribution in [0.3, 0.4) is 0 Å². The van der Waals surface area contributed by atoms with E-state index in [4.69, 9.17) is 4.74 Å². The molecule has 0 unspecified atom stereocenters. The summed E-state index contributed by atoms with van der Waals surface area (Å²) in [6.07, 6.45) is 3.20. The van der Waals surface area contributed by atoms with Crippen molar-refractivity contribution in [3.8, 4) is 5.75 Å². The predicted octanol–water partition coefficient (Wildman–Crippen LogP) is 2.93. The molecule has 5 nitrogen and oxygen atoms in total. The van der Waals surface area contributed by atoms with Crippen molar-refractivity contribution >= 4 is 5.91 Å². The van der Waals surface area contributed by atoms with E-state index < -0.39 is 6.10 Å². The van der Waals surface area contributed by atoms with Gasteiger partial charge in [0.1, 0.15) is 5.75 Å². The van der Waals surface area contributed by atoms with E-state index in [1.165, 1.54) is 0 Å². The molecule has 1 amide bonds. The van der Waals surface area contributed by atoms with E-state index in [9.17, 15) is 4.79 Å². The molecule has 1 N–H and O–H groups in total. The molecule has 2 rings (SSSR count). The van der Waals surface area contributed by atoms with E-state index in [-0.39, 0.29) is 11.8 Å². The van der Waals surface area contributed by atoms with Crippen molar-refractivity contribution in [1.29, 1.82) is 0 Å². The molecule has 1 aromatic carbocycles. The van der Waals surface area contributed by atoms with Gasteiger partial charge in [0.05, 0.1) is 6.20 Å². The van der Waals surface area contributed by atoms with Gasteiger partial charge in [0.2, 0.25) is 0 Å². The molecule has 0 saturated heterocycles. The second-order valence-electron chi connectivity index (χ2n) is 5.97. The number of carbonyl (C=O) groups is 1. The number of hydrogen-bond acceptors (Lipinski definition) is 3. The number of amides is 1. The van der Waals surface area contributed by atoms with Crippen molar-refractivity contribution in [1.82, 2.24) is 15.1 Å². The van der Waals surface area contributed by atoms with Crippen LogP contribution in [-0.2, 0) is 17.9 Å². The first kappa shape index (κ1) is 17.1. The predicted molar refractivity (Wildman–Crippen MR) is 90.2 cm³/mol. The molecule has 23 heavy (non-hydrogen) atoms. The lowest BCUT2D eigenvalue weighted by molar-refractivity contribution is -0.130. The molecule has 0 aliphatic carbocycles. The van der Waals surface area contributed by atoms with Gasteiger partial charge in [0, 0.05) is 24.8 Å². The fourth-order valence-corrected chi connectivity index (χ4v) is 2.28. The van der Waals surface area contributed by atoms with E-state index >= 15 is 0 Å². The molecular formula is C18H25N3O2. The van der Waals surface area contributed by atoms with Crippen LogP contribution in [-0.4, -0.2) is 21.8 Å². The van der Waals surface area contributed by atoms with Gasteiger partial charge in [-0.15, -0.1) is 0 Å². The maximum Gasteiger partial charge on any atom is 0.261 e. The molecule has 0 radical (unpaired) electrons. The first-order chi connectivity index (χ1) is 11.0. The van der Waals surface area contributed by atoms with Crippen LogP contribution in [0.1, 0.15) is 31.9 Å². The van der Waals surface area contributed by atoms with Crippen LogP contribution in [0.2, 0.25) is 0 Å². The lowest BCUT2D eigenvalue weighted by Gasteiger charge is -2.22. The molecule has 1 aromatic heterocycles. The lowest BCUT2D eigenvalue weighted by atomic mass is 10.1. The van der Waals surface area contributed by atoms with Crippen LogP contribution in [0.4, 0.5) is 0 Å². The number of carbonyl (C=O) groups excluding carboxylic acids is 1. The Bertz CT molecular complexity index is 649. The van der Waals surface area contributed by atoms with Crippen LogP contribution in [0, 0.1) is 12.8 Å². The normalized spacial score (nSPS) is 12.2. The Hall–Kier alpha value is -2.30. The molecule has 0 aliphatic rings. The quantitative estimate of drug-likeness (QED) is 0.854. The Labute approximate surface area is 137 Å². The number of ether oxygens (including phenoxy) is 1. The zero-order chi connectivity index (χ0) is 16.8. The molecule has 1 heterocycles. The van der Waals surface area contributed by atoms with Gasteiger partial charge in [-0.05, 0) is 31.4 Å². The van der Waals surface area contributed by atoms with Crippen molar-refractivity contribution in [3.05, 3.63) is 47.8 Å². The summed E-state index contributed by atoms with van der Waals surface area (Å²) in [6, 6.07) is 7.74. The minimum absolute atomic E-state index is 0.0768. The highest BCUT2D eigenvalue weighted by Gasteiger charge is 2.24. The number of nitrogens with zero attached hydrogens (tertiary/aromatic N) is 2. The number of para-hydroxylation sites is 1. The van der Waals surface area contributed by atoms with Crippen molar-refractivity contribution in [2.45, 2.75) is 46.9 Å². The molecular weight excluding hydrogens is 290 g/mol. The van der Waals surface area contributed by atoms with Crippen LogP contribution < -0.4 is 10.1 Å². The van der Waals surface area contributed by atoms with Gasteiger partial charge in [0.25, 0.3) is 5.91 Å². The van der Waals surface area contributed by atoms with Crippen LogP contribution in [0.5, 0.6) is 5.75 Å². The SMILES string of the molecule is CCn1cc(CNC(=O)[C@@H](Oc2ccccc2C)C(C)C)cn1. The molecule has 0 spiro atoms. The Balaban J connectivity index is 1.99. The van der Waals surface area contributed by atoms with Gasteiger partial charge in [-0.2, -0.15) is 5.10 Å². The topological polar surface area (TPSA) is 56.2 Å². The lowest BCUT2D eigenvalue weighted by Crippen LogP contribution is -2.41. The molecule has 0 bridgehead atoms. The Morgan fingerprint density at radius 2 is 2.09 bits per heavy atom. The van der Waals surface area contributed by atoms with Crippen molar-refractivity contribution in [2.75, 3.05) is 0 Å².